The minimum absolute atomic E-state index is 0. The number of rotatable bonds is 4. The van der Waals surface area contributed by atoms with Gasteiger partial charge in [0.2, 0.25) is 0 Å². The fourth-order valence-corrected chi connectivity index (χ4v) is 3.72. The molecular formula is C29H35Cl2FeN3. The van der Waals surface area contributed by atoms with Gasteiger partial charge in [-0.1, -0.05) is 84.0 Å². The van der Waals surface area contributed by atoms with E-state index in [-0.39, 0.29) is 52.7 Å². The molecule has 0 aliphatic carbocycles. The standard InChI is InChI=1S/C29H35N3.2ClH.Fe/c1-20(30-26-16-11-9-14-22(26)28(3,4)5)24-18-13-19-25(32-24)21(2)31-27-17-12-10-15-23(27)29(6,7)8;;;/h9-19H,1-8H3;2*1H;/q;;;+2/p-2/b30-20+,31-21+;;;. The molecule has 0 aliphatic heterocycles. The molecule has 2 aromatic carbocycles. The average Bonchev–Trinajstić information content (AvgIpc) is 2.73. The largest absolute Gasteiger partial charge is 2.00 e. The first-order valence-electron chi connectivity index (χ1n) is 11.2. The van der Waals surface area contributed by atoms with E-state index in [4.69, 9.17) is 15.0 Å². The molecule has 0 saturated heterocycles. The van der Waals surface area contributed by atoms with E-state index in [9.17, 15) is 0 Å². The molecule has 0 unspecified atom stereocenters. The van der Waals surface area contributed by atoms with Crippen molar-refractivity contribution in [1.29, 1.82) is 0 Å². The van der Waals surface area contributed by atoms with E-state index in [2.05, 4.69) is 77.9 Å². The maximum atomic E-state index is 4.94. The molecule has 0 N–H and O–H groups in total. The number of nitrogens with zero attached hydrogens (tertiary/aromatic N) is 3. The Labute approximate surface area is 234 Å². The van der Waals surface area contributed by atoms with Crippen molar-refractivity contribution in [2.75, 3.05) is 0 Å². The molecule has 188 valence electrons. The number of para-hydroxylation sites is 2. The second-order valence-corrected chi connectivity index (χ2v) is 10.3. The van der Waals surface area contributed by atoms with Crippen molar-refractivity contribution in [3.8, 4) is 0 Å². The van der Waals surface area contributed by atoms with Crippen molar-refractivity contribution in [2.45, 2.75) is 66.2 Å². The molecule has 6 heteroatoms. The van der Waals surface area contributed by atoms with Crippen molar-refractivity contribution in [3.05, 3.63) is 89.2 Å². The maximum absolute atomic E-state index is 4.94. The van der Waals surface area contributed by atoms with E-state index in [1.807, 2.05) is 44.2 Å². The first kappa shape index (κ1) is 33.0. The van der Waals surface area contributed by atoms with Gasteiger partial charge >= 0.3 is 17.1 Å². The Morgan fingerprint density at radius 3 is 1.26 bits per heavy atom. The van der Waals surface area contributed by atoms with Crippen molar-refractivity contribution >= 4 is 22.8 Å². The summed E-state index contributed by atoms with van der Waals surface area (Å²) in [6, 6.07) is 22.7. The van der Waals surface area contributed by atoms with Crippen LogP contribution in [-0.4, -0.2) is 16.4 Å². The predicted octanol–water partition coefficient (Wildman–Crippen LogP) is 1.96. The SMILES string of the molecule is C/C(=N\c1ccccc1C(C)(C)C)c1cccc(/C(C)=N/c2ccccc2C(C)(C)C)n1.[Cl-].[Cl-].[Fe+2]. The summed E-state index contributed by atoms with van der Waals surface area (Å²) in [6.07, 6.45) is 0. The third-order valence-electron chi connectivity index (χ3n) is 5.49. The minimum atomic E-state index is 0. The Morgan fingerprint density at radius 2 is 0.914 bits per heavy atom. The Hall–Kier alpha value is -1.97. The smallest absolute Gasteiger partial charge is 1.00 e. The summed E-state index contributed by atoms with van der Waals surface area (Å²) in [6.45, 7) is 17.3. The Bertz CT molecular complexity index is 1080. The molecule has 0 saturated carbocycles. The van der Waals surface area contributed by atoms with Gasteiger partial charge < -0.3 is 24.8 Å². The fourth-order valence-electron chi connectivity index (χ4n) is 3.72. The van der Waals surface area contributed by atoms with Crippen LogP contribution in [0.3, 0.4) is 0 Å². The maximum Gasteiger partial charge on any atom is 2.00 e. The molecule has 35 heavy (non-hydrogen) atoms. The molecule has 0 radical (unpaired) electrons. The molecule has 3 nitrogen and oxygen atoms in total. The predicted molar refractivity (Wildman–Crippen MR) is 138 cm³/mol. The van der Waals surface area contributed by atoms with E-state index in [0.29, 0.717) is 0 Å². The van der Waals surface area contributed by atoms with E-state index >= 15 is 0 Å². The van der Waals surface area contributed by atoms with Gasteiger partial charge in [-0.05, 0) is 60.1 Å². The summed E-state index contributed by atoms with van der Waals surface area (Å²) >= 11 is 0. The molecule has 0 amide bonds. The van der Waals surface area contributed by atoms with Crippen LogP contribution in [0.5, 0.6) is 0 Å². The first-order chi connectivity index (χ1) is 15.0. The quantitative estimate of drug-likeness (QED) is 0.361. The zero-order valence-electron chi connectivity index (χ0n) is 21.8. The number of benzene rings is 2. The molecule has 1 heterocycles. The van der Waals surface area contributed by atoms with Gasteiger partial charge in [0.05, 0.1) is 34.2 Å². The molecule has 3 aromatic rings. The topological polar surface area (TPSA) is 37.6 Å². The van der Waals surface area contributed by atoms with Crippen molar-refractivity contribution in [1.82, 2.24) is 4.98 Å². The molecule has 0 bridgehead atoms. The summed E-state index contributed by atoms with van der Waals surface area (Å²) < 4.78 is 0. The van der Waals surface area contributed by atoms with Crippen LogP contribution in [-0.2, 0) is 27.9 Å². The van der Waals surface area contributed by atoms with Gasteiger partial charge in [-0.15, -0.1) is 0 Å². The number of aliphatic imine (C=N–C) groups is 2. The van der Waals surface area contributed by atoms with Crippen LogP contribution in [0.4, 0.5) is 11.4 Å². The molecule has 1 aromatic heterocycles. The van der Waals surface area contributed by atoms with E-state index in [1.165, 1.54) is 11.1 Å². The second kappa shape index (κ2) is 13.4. The van der Waals surface area contributed by atoms with Crippen LogP contribution in [0.2, 0.25) is 0 Å². The Morgan fingerprint density at radius 1 is 0.571 bits per heavy atom. The van der Waals surface area contributed by atoms with Crippen molar-refractivity contribution < 1.29 is 41.9 Å². The van der Waals surface area contributed by atoms with Gasteiger partial charge in [0, 0.05) is 0 Å². The van der Waals surface area contributed by atoms with E-state index in [0.717, 1.165) is 34.2 Å². The summed E-state index contributed by atoms with van der Waals surface area (Å²) in [5.74, 6) is 0. The van der Waals surface area contributed by atoms with E-state index in [1.54, 1.807) is 0 Å². The number of hydrogen-bond donors (Lipinski definition) is 0. The first-order valence-corrected chi connectivity index (χ1v) is 11.2. The van der Waals surface area contributed by atoms with Crippen molar-refractivity contribution in [2.24, 2.45) is 9.98 Å². The normalized spacial score (nSPS) is 12.2. The van der Waals surface area contributed by atoms with Gasteiger partial charge in [0.1, 0.15) is 0 Å². The second-order valence-electron chi connectivity index (χ2n) is 10.3. The zero-order chi connectivity index (χ0) is 23.5. The van der Waals surface area contributed by atoms with Crippen LogP contribution in [0.1, 0.15) is 77.9 Å². The van der Waals surface area contributed by atoms with Gasteiger partial charge in [-0.3, -0.25) is 9.98 Å². The fraction of sp³-hybridized carbons (Fsp3) is 0.345. The third-order valence-corrected chi connectivity index (χ3v) is 5.49. The van der Waals surface area contributed by atoms with E-state index < -0.39 is 0 Å². The average molecular weight is 552 g/mol. The van der Waals surface area contributed by atoms with Gasteiger partial charge in [0.25, 0.3) is 0 Å². The number of halogens is 2. The summed E-state index contributed by atoms with van der Waals surface area (Å²) in [4.78, 5) is 14.8. The molecule has 0 spiro atoms. The number of aromatic nitrogens is 1. The molecule has 0 aliphatic rings. The molecular weight excluding hydrogens is 517 g/mol. The Kier molecular flexibility index (Phi) is 12.6. The number of pyridine rings is 1. The van der Waals surface area contributed by atoms with Crippen LogP contribution >= 0.6 is 0 Å². The summed E-state index contributed by atoms with van der Waals surface area (Å²) in [5.41, 5.74) is 8.02. The van der Waals surface area contributed by atoms with Crippen LogP contribution in [0.15, 0.2) is 76.7 Å². The van der Waals surface area contributed by atoms with Gasteiger partial charge in [-0.25, -0.2) is 4.98 Å². The van der Waals surface area contributed by atoms with Crippen LogP contribution in [0, 0.1) is 0 Å². The monoisotopic (exact) mass is 551 g/mol. The van der Waals surface area contributed by atoms with Crippen molar-refractivity contribution in [3.63, 3.8) is 0 Å². The number of hydrogen-bond acceptors (Lipinski definition) is 3. The minimum Gasteiger partial charge on any atom is -1.00 e. The zero-order valence-corrected chi connectivity index (χ0v) is 24.4. The van der Waals surface area contributed by atoms with Gasteiger partial charge in [0.15, 0.2) is 0 Å². The molecule has 0 fully saturated rings. The summed E-state index contributed by atoms with van der Waals surface area (Å²) in [5, 5.41) is 0. The van der Waals surface area contributed by atoms with Crippen LogP contribution in [0.25, 0.3) is 0 Å². The molecule has 3 rings (SSSR count). The summed E-state index contributed by atoms with van der Waals surface area (Å²) in [7, 11) is 0. The molecule has 0 atom stereocenters. The van der Waals surface area contributed by atoms with Crippen LogP contribution < -0.4 is 24.8 Å². The van der Waals surface area contributed by atoms with Gasteiger partial charge in [-0.2, -0.15) is 0 Å². The third kappa shape index (κ3) is 8.58. The Balaban J connectivity index is 0.00000385.